The number of nitrogens with zero attached hydrogens (tertiary/aromatic N) is 2. The number of rotatable bonds is 3. The Hall–Kier alpha value is -1.06. The van der Waals surface area contributed by atoms with Crippen molar-refractivity contribution in [3.63, 3.8) is 0 Å². The number of aromatic nitrogens is 1. The maximum absolute atomic E-state index is 12.6. The first-order valence-electron chi connectivity index (χ1n) is 4.01. The third-order valence-corrected chi connectivity index (χ3v) is 2.34. The molecule has 15 heavy (non-hydrogen) atoms. The number of nitriles is 1. The molecule has 0 spiro atoms. The summed E-state index contributed by atoms with van der Waals surface area (Å²) in [5.41, 5.74) is -0.150. The van der Waals surface area contributed by atoms with E-state index >= 15 is 0 Å². The third-order valence-electron chi connectivity index (χ3n) is 1.81. The summed E-state index contributed by atoms with van der Waals surface area (Å²) in [5, 5.41) is 17.8. The molecule has 0 aliphatic heterocycles. The van der Waals surface area contributed by atoms with E-state index in [4.69, 9.17) is 10.4 Å². The fraction of sp³-hybridized carbons (Fsp3) is 0.333. The minimum atomic E-state index is -2.74. The zero-order valence-corrected chi connectivity index (χ0v) is 9.13. The zero-order chi connectivity index (χ0) is 11.4. The lowest BCUT2D eigenvalue weighted by Gasteiger charge is -2.08. The van der Waals surface area contributed by atoms with E-state index in [0.717, 1.165) is 6.07 Å². The standard InChI is InChI=1S/C9H7BrF2N2O/c10-2-8-7(3-13)6(9(11)12)1-5(4-15)14-8/h1,9,15H,2,4H2. The van der Waals surface area contributed by atoms with Gasteiger partial charge in [-0.25, -0.2) is 8.78 Å². The van der Waals surface area contributed by atoms with E-state index in [2.05, 4.69) is 20.9 Å². The summed E-state index contributed by atoms with van der Waals surface area (Å²) in [7, 11) is 0. The normalized spacial score (nSPS) is 10.4. The lowest BCUT2D eigenvalue weighted by Crippen LogP contribution is -2.03. The number of hydrogen-bond donors (Lipinski definition) is 1. The summed E-state index contributed by atoms with van der Waals surface area (Å²) in [6.07, 6.45) is -2.74. The predicted molar refractivity (Wildman–Crippen MR) is 52.5 cm³/mol. The van der Waals surface area contributed by atoms with Gasteiger partial charge in [0.15, 0.2) is 0 Å². The van der Waals surface area contributed by atoms with Gasteiger partial charge in [-0.1, -0.05) is 15.9 Å². The first-order valence-corrected chi connectivity index (χ1v) is 5.14. The molecule has 3 nitrogen and oxygen atoms in total. The van der Waals surface area contributed by atoms with Gasteiger partial charge in [0.1, 0.15) is 6.07 Å². The molecule has 80 valence electrons. The molecule has 0 aromatic carbocycles. The molecule has 0 unspecified atom stereocenters. The molecule has 0 saturated carbocycles. The summed E-state index contributed by atoms with van der Waals surface area (Å²) >= 11 is 3.06. The van der Waals surface area contributed by atoms with E-state index in [0.29, 0.717) is 0 Å². The number of alkyl halides is 3. The van der Waals surface area contributed by atoms with Crippen molar-refractivity contribution in [2.75, 3.05) is 0 Å². The van der Waals surface area contributed by atoms with Crippen LogP contribution < -0.4 is 0 Å². The van der Waals surface area contributed by atoms with Gasteiger partial charge in [-0.3, -0.25) is 4.98 Å². The van der Waals surface area contributed by atoms with Crippen LogP contribution in [0, 0.1) is 11.3 Å². The second-order valence-corrected chi connectivity index (χ2v) is 3.29. The van der Waals surface area contributed by atoms with Crippen molar-refractivity contribution >= 4 is 15.9 Å². The molecule has 0 atom stereocenters. The van der Waals surface area contributed by atoms with Crippen molar-refractivity contribution in [1.29, 1.82) is 5.26 Å². The lowest BCUT2D eigenvalue weighted by atomic mass is 10.1. The molecular weight excluding hydrogens is 270 g/mol. The Kier molecular flexibility index (Phi) is 4.12. The summed E-state index contributed by atoms with van der Waals surface area (Å²) < 4.78 is 25.1. The minimum absolute atomic E-state index is 0.126. The van der Waals surface area contributed by atoms with Gasteiger partial charge in [0.2, 0.25) is 0 Å². The van der Waals surface area contributed by atoms with Crippen LogP contribution in [-0.2, 0) is 11.9 Å². The summed E-state index contributed by atoms with van der Waals surface area (Å²) in [6, 6.07) is 2.74. The fourth-order valence-corrected chi connectivity index (χ4v) is 1.56. The van der Waals surface area contributed by atoms with Crippen LogP contribution in [-0.4, -0.2) is 10.1 Å². The van der Waals surface area contributed by atoms with Gasteiger partial charge in [0, 0.05) is 10.9 Å². The van der Waals surface area contributed by atoms with Gasteiger partial charge in [0.25, 0.3) is 6.43 Å². The van der Waals surface area contributed by atoms with Crippen molar-refractivity contribution in [1.82, 2.24) is 4.98 Å². The van der Waals surface area contributed by atoms with Gasteiger partial charge in [0.05, 0.1) is 23.6 Å². The molecule has 1 N–H and O–H groups in total. The molecule has 0 amide bonds. The Morgan fingerprint density at radius 3 is 2.67 bits per heavy atom. The Bertz CT molecular complexity index is 404. The van der Waals surface area contributed by atoms with Crippen LogP contribution in [0.25, 0.3) is 0 Å². The second kappa shape index (κ2) is 5.14. The van der Waals surface area contributed by atoms with Crippen LogP contribution in [0.2, 0.25) is 0 Å². The molecule has 0 saturated heterocycles. The molecule has 1 aromatic heterocycles. The molecule has 0 bridgehead atoms. The highest BCUT2D eigenvalue weighted by molar-refractivity contribution is 9.08. The van der Waals surface area contributed by atoms with E-state index in [9.17, 15) is 8.78 Å². The average molecular weight is 277 g/mol. The van der Waals surface area contributed by atoms with Crippen LogP contribution >= 0.6 is 15.9 Å². The molecule has 0 aliphatic carbocycles. The molecular formula is C9H7BrF2N2O. The first-order chi connectivity index (χ1) is 7.13. The number of halogens is 3. The highest BCUT2D eigenvalue weighted by Crippen LogP contribution is 2.26. The van der Waals surface area contributed by atoms with Crippen molar-refractivity contribution in [3.8, 4) is 6.07 Å². The predicted octanol–water partition coefficient (Wildman–Crippen LogP) is 2.28. The number of hydrogen-bond acceptors (Lipinski definition) is 3. The van der Waals surface area contributed by atoms with Crippen molar-refractivity contribution in [2.24, 2.45) is 0 Å². The van der Waals surface area contributed by atoms with E-state index in [1.54, 1.807) is 6.07 Å². The SMILES string of the molecule is N#Cc1c(C(F)F)cc(CO)nc1CBr. The van der Waals surface area contributed by atoms with Crippen LogP contribution in [0.15, 0.2) is 6.07 Å². The number of pyridine rings is 1. The van der Waals surface area contributed by atoms with Gasteiger partial charge in [-0.05, 0) is 6.07 Å². The van der Waals surface area contributed by atoms with Gasteiger partial charge < -0.3 is 5.11 Å². The summed E-state index contributed by atoms with van der Waals surface area (Å²) in [6.45, 7) is -0.425. The Morgan fingerprint density at radius 2 is 2.27 bits per heavy atom. The monoisotopic (exact) mass is 276 g/mol. The van der Waals surface area contributed by atoms with Crippen molar-refractivity contribution < 1.29 is 13.9 Å². The molecule has 1 heterocycles. The largest absolute Gasteiger partial charge is 0.390 e. The molecule has 0 aliphatic rings. The minimum Gasteiger partial charge on any atom is -0.390 e. The maximum Gasteiger partial charge on any atom is 0.265 e. The topological polar surface area (TPSA) is 56.9 Å². The van der Waals surface area contributed by atoms with Gasteiger partial charge in [-0.2, -0.15) is 5.26 Å². The van der Waals surface area contributed by atoms with E-state index < -0.39 is 13.0 Å². The molecule has 0 radical (unpaired) electrons. The van der Waals surface area contributed by atoms with Crippen LogP contribution in [0.3, 0.4) is 0 Å². The average Bonchev–Trinajstić information content (AvgIpc) is 2.26. The van der Waals surface area contributed by atoms with Crippen LogP contribution in [0.5, 0.6) is 0 Å². The van der Waals surface area contributed by atoms with Crippen molar-refractivity contribution in [2.45, 2.75) is 18.4 Å². The second-order valence-electron chi connectivity index (χ2n) is 2.73. The highest BCUT2D eigenvalue weighted by Gasteiger charge is 2.18. The smallest absolute Gasteiger partial charge is 0.265 e. The Morgan fingerprint density at radius 1 is 1.60 bits per heavy atom. The molecule has 0 fully saturated rings. The van der Waals surface area contributed by atoms with Crippen LogP contribution in [0.1, 0.15) is 28.9 Å². The molecule has 6 heteroatoms. The lowest BCUT2D eigenvalue weighted by molar-refractivity contribution is 0.150. The highest BCUT2D eigenvalue weighted by atomic mass is 79.9. The fourth-order valence-electron chi connectivity index (χ4n) is 1.16. The van der Waals surface area contributed by atoms with E-state index in [1.807, 2.05) is 0 Å². The van der Waals surface area contributed by atoms with E-state index in [-0.39, 0.29) is 27.8 Å². The third kappa shape index (κ3) is 2.49. The van der Waals surface area contributed by atoms with E-state index in [1.165, 1.54) is 0 Å². The molecule has 1 aromatic rings. The van der Waals surface area contributed by atoms with Crippen molar-refractivity contribution in [3.05, 3.63) is 28.6 Å². The summed E-state index contributed by atoms with van der Waals surface area (Å²) in [4.78, 5) is 3.87. The molecule has 1 rings (SSSR count). The van der Waals surface area contributed by atoms with Crippen LogP contribution in [0.4, 0.5) is 8.78 Å². The van der Waals surface area contributed by atoms with Gasteiger partial charge >= 0.3 is 0 Å². The number of aliphatic hydroxyl groups excluding tert-OH is 1. The maximum atomic E-state index is 12.6. The first kappa shape index (κ1) is 12.0. The van der Waals surface area contributed by atoms with Gasteiger partial charge in [-0.15, -0.1) is 0 Å². The zero-order valence-electron chi connectivity index (χ0n) is 7.54. The Labute approximate surface area is 93.5 Å². The Balaban J connectivity index is 3.41. The number of aliphatic hydroxyl groups is 1. The quantitative estimate of drug-likeness (QED) is 0.862. The summed E-state index contributed by atoms with van der Waals surface area (Å²) in [5.74, 6) is 0.